The molecule has 0 aliphatic rings. The van der Waals surface area contributed by atoms with E-state index in [2.05, 4.69) is 10.3 Å². The zero-order valence-electron chi connectivity index (χ0n) is 10.1. The van der Waals surface area contributed by atoms with Gasteiger partial charge >= 0.3 is 5.97 Å². The molecule has 1 heterocycles. The first-order chi connectivity index (χ1) is 7.38. The van der Waals surface area contributed by atoms with Gasteiger partial charge in [0.2, 0.25) is 0 Å². The molecule has 1 aromatic heterocycles. The molecule has 0 aromatic carbocycles. The molecule has 0 aliphatic carbocycles. The average Bonchev–Trinajstić information content (AvgIpc) is 2.63. The number of hydrogen-bond acceptors (Lipinski definition) is 5. The van der Waals surface area contributed by atoms with E-state index >= 15 is 0 Å². The molecule has 0 saturated heterocycles. The van der Waals surface area contributed by atoms with Crippen molar-refractivity contribution in [3.05, 3.63) is 16.6 Å². The van der Waals surface area contributed by atoms with Gasteiger partial charge in [-0.05, 0) is 27.7 Å². The van der Waals surface area contributed by atoms with Crippen molar-refractivity contribution >= 4 is 17.3 Å². The third-order valence-electron chi connectivity index (χ3n) is 1.83. The molecule has 16 heavy (non-hydrogen) atoms. The van der Waals surface area contributed by atoms with E-state index in [1.165, 1.54) is 0 Å². The van der Waals surface area contributed by atoms with Crippen molar-refractivity contribution < 1.29 is 9.53 Å². The van der Waals surface area contributed by atoms with Crippen molar-refractivity contribution in [3.63, 3.8) is 0 Å². The molecule has 90 valence electrons. The maximum absolute atomic E-state index is 11.6. The highest BCUT2D eigenvalue weighted by Crippen LogP contribution is 2.08. The van der Waals surface area contributed by atoms with Crippen LogP contribution >= 0.6 is 11.3 Å². The molecule has 0 unspecified atom stereocenters. The Hall–Kier alpha value is -0.940. The minimum absolute atomic E-state index is 0.234. The number of nitrogens with one attached hydrogen (secondary N) is 1. The van der Waals surface area contributed by atoms with Crippen molar-refractivity contribution in [2.24, 2.45) is 0 Å². The molecule has 0 radical (unpaired) electrons. The van der Waals surface area contributed by atoms with Crippen LogP contribution in [0.2, 0.25) is 0 Å². The second-order valence-corrected chi connectivity index (χ2v) is 5.33. The molecule has 5 heteroatoms. The quantitative estimate of drug-likeness (QED) is 0.820. The standard InChI is InChI=1S/C11H18N2O2S/c1-8(10(14)15-11(2,3)4)12-5-9-6-16-7-13-9/h6-8,12H,5H2,1-4H3/t8-/m0/s1. The van der Waals surface area contributed by atoms with Gasteiger partial charge in [0, 0.05) is 11.9 Å². The average molecular weight is 242 g/mol. The molecule has 0 fully saturated rings. The largest absolute Gasteiger partial charge is 0.459 e. The Morgan fingerprint density at radius 3 is 2.81 bits per heavy atom. The van der Waals surface area contributed by atoms with Gasteiger partial charge in [0.1, 0.15) is 11.6 Å². The predicted octanol–water partition coefficient (Wildman–Crippen LogP) is 1.96. The normalized spacial score (nSPS) is 13.5. The van der Waals surface area contributed by atoms with E-state index in [0.29, 0.717) is 6.54 Å². The number of nitrogens with zero attached hydrogens (tertiary/aromatic N) is 1. The van der Waals surface area contributed by atoms with Crippen molar-refractivity contribution in [2.45, 2.75) is 45.9 Å². The molecule has 1 aromatic rings. The van der Waals surface area contributed by atoms with E-state index in [-0.39, 0.29) is 12.0 Å². The van der Waals surface area contributed by atoms with E-state index in [1.54, 1.807) is 23.8 Å². The molecule has 0 amide bonds. The van der Waals surface area contributed by atoms with Crippen LogP contribution in [-0.4, -0.2) is 22.6 Å². The molecule has 1 rings (SSSR count). The molecular formula is C11H18N2O2S. The topological polar surface area (TPSA) is 51.2 Å². The third kappa shape index (κ3) is 4.72. The minimum atomic E-state index is -0.437. The Morgan fingerprint density at radius 2 is 2.31 bits per heavy atom. The lowest BCUT2D eigenvalue weighted by Gasteiger charge is -2.22. The lowest BCUT2D eigenvalue weighted by molar-refractivity contribution is -0.157. The fourth-order valence-corrected chi connectivity index (χ4v) is 1.61. The lowest BCUT2D eigenvalue weighted by Crippen LogP contribution is -2.38. The number of carbonyl (C=O) groups excluding carboxylic acids is 1. The SMILES string of the molecule is C[C@H](NCc1cscn1)C(=O)OC(C)(C)C. The van der Waals surface area contributed by atoms with Gasteiger partial charge in [0.05, 0.1) is 11.2 Å². The number of thiazole rings is 1. The van der Waals surface area contributed by atoms with E-state index in [0.717, 1.165) is 5.69 Å². The Kier molecular flexibility index (Phi) is 4.44. The van der Waals surface area contributed by atoms with Crippen LogP contribution in [0.25, 0.3) is 0 Å². The highest BCUT2D eigenvalue weighted by molar-refractivity contribution is 7.07. The maximum Gasteiger partial charge on any atom is 0.323 e. The number of esters is 1. The summed E-state index contributed by atoms with van der Waals surface area (Å²) in [6, 6.07) is -0.319. The second-order valence-electron chi connectivity index (χ2n) is 4.62. The van der Waals surface area contributed by atoms with E-state index in [1.807, 2.05) is 26.2 Å². The molecule has 1 N–H and O–H groups in total. The Labute approximate surface area is 100 Å². The van der Waals surface area contributed by atoms with Gasteiger partial charge in [-0.1, -0.05) is 0 Å². The van der Waals surface area contributed by atoms with Crippen LogP contribution in [0.3, 0.4) is 0 Å². The highest BCUT2D eigenvalue weighted by atomic mass is 32.1. The first-order valence-corrected chi connectivity index (χ1v) is 6.16. The molecule has 0 spiro atoms. The zero-order valence-corrected chi connectivity index (χ0v) is 10.9. The first kappa shape index (κ1) is 13.1. The fourth-order valence-electron chi connectivity index (χ4n) is 1.06. The summed E-state index contributed by atoms with van der Waals surface area (Å²) in [5.41, 5.74) is 2.28. The number of hydrogen-bond donors (Lipinski definition) is 1. The van der Waals surface area contributed by atoms with Crippen molar-refractivity contribution in [1.82, 2.24) is 10.3 Å². The van der Waals surface area contributed by atoms with Crippen LogP contribution in [0.5, 0.6) is 0 Å². The van der Waals surface area contributed by atoms with Crippen LogP contribution in [0, 0.1) is 0 Å². The van der Waals surface area contributed by atoms with Gasteiger partial charge in [-0.15, -0.1) is 11.3 Å². The van der Waals surface area contributed by atoms with Crippen LogP contribution in [-0.2, 0) is 16.1 Å². The summed E-state index contributed by atoms with van der Waals surface area (Å²) in [5.74, 6) is -0.234. The van der Waals surface area contributed by atoms with Gasteiger partial charge in [0.25, 0.3) is 0 Å². The van der Waals surface area contributed by atoms with Gasteiger partial charge in [-0.3, -0.25) is 10.1 Å². The molecular weight excluding hydrogens is 224 g/mol. The summed E-state index contributed by atoms with van der Waals surface area (Å²) in [5, 5.41) is 5.03. The smallest absolute Gasteiger partial charge is 0.323 e. The van der Waals surface area contributed by atoms with Gasteiger partial charge in [-0.25, -0.2) is 4.98 Å². The minimum Gasteiger partial charge on any atom is -0.459 e. The second kappa shape index (κ2) is 5.41. The number of carbonyl (C=O) groups is 1. The maximum atomic E-state index is 11.6. The Balaban J connectivity index is 2.35. The number of aromatic nitrogens is 1. The van der Waals surface area contributed by atoms with E-state index < -0.39 is 5.60 Å². The monoisotopic (exact) mass is 242 g/mol. The van der Waals surface area contributed by atoms with Crippen LogP contribution in [0.15, 0.2) is 10.9 Å². The van der Waals surface area contributed by atoms with Gasteiger partial charge < -0.3 is 4.74 Å². The fraction of sp³-hybridized carbons (Fsp3) is 0.636. The van der Waals surface area contributed by atoms with Crippen LogP contribution in [0.4, 0.5) is 0 Å². The summed E-state index contributed by atoms with van der Waals surface area (Å²) < 4.78 is 5.25. The van der Waals surface area contributed by atoms with Crippen LogP contribution < -0.4 is 5.32 Å². The summed E-state index contributed by atoms with van der Waals surface area (Å²) >= 11 is 1.54. The van der Waals surface area contributed by atoms with Gasteiger partial charge in [-0.2, -0.15) is 0 Å². The first-order valence-electron chi connectivity index (χ1n) is 5.22. The molecule has 0 saturated carbocycles. The van der Waals surface area contributed by atoms with Crippen molar-refractivity contribution in [1.29, 1.82) is 0 Å². The molecule has 0 bridgehead atoms. The van der Waals surface area contributed by atoms with E-state index in [9.17, 15) is 4.79 Å². The van der Waals surface area contributed by atoms with Crippen LogP contribution in [0.1, 0.15) is 33.4 Å². The number of ether oxygens (including phenoxy) is 1. The lowest BCUT2D eigenvalue weighted by atomic mass is 10.2. The molecule has 1 atom stereocenters. The third-order valence-corrected chi connectivity index (χ3v) is 2.47. The Morgan fingerprint density at radius 1 is 1.62 bits per heavy atom. The summed E-state index contributed by atoms with van der Waals surface area (Å²) in [6.45, 7) is 7.96. The Bertz CT molecular complexity index is 330. The summed E-state index contributed by atoms with van der Waals surface area (Å²) in [4.78, 5) is 15.7. The van der Waals surface area contributed by atoms with Crippen molar-refractivity contribution in [2.75, 3.05) is 0 Å². The number of rotatable bonds is 4. The predicted molar refractivity (Wildman–Crippen MR) is 64.3 cm³/mol. The molecule has 4 nitrogen and oxygen atoms in total. The molecule has 0 aliphatic heterocycles. The summed E-state index contributed by atoms with van der Waals surface area (Å²) in [6.07, 6.45) is 0. The summed E-state index contributed by atoms with van der Waals surface area (Å²) in [7, 11) is 0. The van der Waals surface area contributed by atoms with Gasteiger partial charge in [0.15, 0.2) is 0 Å². The zero-order chi connectivity index (χ0) is 12.2. The van der Waals surface area contributed by atoms with Crippen molar-refractivity contribution in [3.8, 4) is 0 Å². The highest BCUT2D eigenvalue weighted by Gasteiger charge is 2.21. The van der Waals surface area contributed by atoms with E-state index in [4.69, 9.17) is 4.74 Å².